The van der Waals surface area contributed by atoms with Crippen molar-refractivity contribution >= 4 is 5.78 Å². The van der Waals surface area contributed by atoms with Crippen LogP contribution in [0, 0.1) is 0 Å². The van der Waals surface area contributed by atoms with Crippen LogP contribution in [0.3, 0.4) is 0 Å². The molecule has 0 aliphatic rings. The second-order valence-electron chi connectivity index (χ2n) is 4.00. The van der Waals surface area contributed by atoms with Crippen LogP contribution in [0.15, 0.2) is 48.9 Å². The summed E-state index contributed by atoms with van der Waals surface area (Å²) in [5, 5.41) is 0. The summed E-state index contributed by atoms with van der Waals surface area (Å²) >= 11 is 0. The van der Waals surface area contributed by atoms with E-state index in [1.54, 1.807) is 28.9 Å². The number of rotatable bonds is 1. The van der Waals surface area contributed by atoms with Gasteiger partial charge in [-0.05, 0) is 12.1 Å². The first kappa shape index (κ1) is 11.7. The molecule has 3 nitrogen and oxygen atoms in total. The number of nitrogens with zero attached hydrogens (tertiary/aromatic N) is 3. The van der Waals surface area contributed by atoms with Gasteiger partial charge in [0.15, 0.2) is 0 Å². The van der Waals surface area contributed by atoms with Crippen LogP contribution in [0.25, 0.3) is 17.0 Å². The van der Waals surface area contributed by atoms with E-state index in [2.05, 4.69) is 9.97 Å². The Bertz CT molecular complexity index is 698. The maximum absolute atomic E-state index is 12.9. The maximum atomic E-state index is 12.9. The SMILES string of the molecule is FC(F)(F)c1ccccc1-c1cn2cccnc2n1. The average molecular weight is 263 g/mol. The minimum absolute atomic E-state index is 0.0560. The summed E-state index contributed by atoms with van der Waals surface area (Å²) in [6, 6.07) is 7.06. The standard InChI is InChI=1S/C13H8F3N3/c14-13(15,16)10-5-2-1-4-9(10)11-8-19-7-3-6-17-12(19)18-11/h1-8H. The summed E-state index contributed by atoms with van der Waals surface area (Å²) in [5.74, 6) is 0.370. The van der Waals surface area contributed by atoms with Crippen LogP contribution in [0.2, 0.25) is 0 Å². The van der Waals surface area contributed by atoms with Crippen LogP contribution in [0.4, 0.5) is 13.2 Å². The maximum Gasteiger partial charge on any atom is 0.417 e. The Balaban J connectivity index is 2.22. The molecule has 0 radical (unpaired) electrons. The van der Waals surface area contributed by atoms with Crippen LogP contribution in [0.1, 0.15) is 5.56 Å². The van der Waals surface area contributed by atoms with Crippen LogP contribution in [-0.4, -0.2) is 14.4 Å². The second kappa shape index (κ2) is 4.08. The minimum atomic E-state index is -4.40. The number of hydrogen-bond acceptors (Lipinski definition) is 2. The molecule has 96 valence electrons. The van der Waals surface area contributed by atoms with Crippen molar-refractivity contribution in [2.75, 3.05) is 0 Å². The highest BCUT2D eigenvalue weighted by atomic mass is 19.4. The van der Waals surface area contributed by atoms with Crippen LogP contribution < -0.4 is 0 Å². The fourth-order valence-corrected chi connectivity index (χ4v) is 1.91. The zero-order valence-electron chi connectivity index (χ0n) is 9.59. The Kier molecular flexibility index (Phi) is 2.51. The lowest BCUT2D eigenvalue weighted by Gasteiger charge is -2.10. The highest BCUT2D eigenvalue weighted by molar-refractivity contribution is 5.66. The summed E-state index contributed by atoms with van der Waals surface area (Å²) in [6.07, 6.45) is 0.365. The zero-order valence-corrected chi connectivity index (χ0v) is 9.59. The monoisotopic (exact) mass is 263 g/mol. The molecular formula is C13H8F3N3. The van der Waals surface area contributed by atoms with Gasteiger partial charge in [0.1, 0.15) is 0 Å². The molecule has 0 unspecified atom stereocenters. The van der Waals surface area contributed by atoms with E-state index in [1.807, 2.05) is 0 Å². The number of fused-ring (bicyclic) bond motifs is 1. The third-order valence-corrected chi connectivity index (χ3v) is 2.74. The van der Waals surface area contributed by atoms with Crippen LogP contribution in [-0.2, 0) is 6.18 Å². The molecule has 0 saturated carbocycles. The van der Waals surface area contributed by atoms with E-state index in [-0.39, 0.29) is 11.3 Å². The molecule has 0 N–H and O–H groups in total. The molecule has 2 aromatic heterocycles. The summed E-state index contributed by atoms with van der Waals surface area (Å²) in [7, 11) is 0. The van der Waals surface area contributed by atoms with Crippen molar-refractivity contribution in [1.82, 2.24) is 14.4 Å². The van der Waals surface area contributed by atoms with Gasteiger partial charge in [0.25, 0.3) is 0 Å². The molecule has 2 heterocycles. The van der Waals surface area contributed by atoms with E-state index in [1.165, 1.54) is 18.3 Å². The lowest BCUT2D eigenvalue weighted by atomic mass is 10.1. The Morgan fingerprint density at radius 1 is 1.05 bits per heavy atom. The van der Waals surface area contributed by atoms with Gasteiger partial charge in [-0.25, -0.2) is 9.97 Å². The molecular weight excluding hydrogens is 255 g/mol. The third-order valence-electron chi connectivity index (χ3n) is 2.74. The molecule has 0 atom stereocenters. The van der Waals surface area contributed by atoms with Gasteiger partial charge in [0, 0.05) is 24.2 Å². The first-order valence-electron chi connectivity index (χ1n) is 5.52. The summed E-state index contributed by atoms with van der Waals surface area (Å²) in [5.41, 5.74) is -0.384. The van der Waals surface area contributed by atoms with Gasteiger partial charge in [0.2, 0.25) is 5.78 Å². The second-order valence-corrected chi connectivity index (χ2v) is 4.00. The molecule has 0 fully saturated rings. The largest absolute Gasteiger partial charge is 0.417 e. The van der Waals surface area contributed by atoms with Crippen molar-refractivity contribution in [3.05, 3.63) is 54.5 Å². The smallest absolute Gasteiger partial charge is 0.291 e. The Morgan fingerprint density at radius 2 is 1.84 bits per heavy atom. The van der Waals surface area contributed by atoms with Gasteiger partial charge in [-0.1, -0.05) is 18.2 Å². The van der Waals surface area contributed by atoms with Crippen molar-refractivity contribution in [2.45, 2.75) is 6.18 Å². The molecule has 0 amide bonds. The molecule has 0 bridgehead atoms. The van der Waals surface area contributed by atoms with Gasteiger partial charge >= 0.3 is 6.18 Å². The van der Waals surface area contributed by atoms with E-state index in [0.717, 1.165) is 6.07 Å². The molecule has 19 heavy (non-hydrogen) atoms. The number of imidazole rings is 1. The first-order valence-corrected chi connectivity index (χ1v) is 5.52. The van der Waals surface area contributed by atoms with Gasteiger partial charge in [-0.3, -0.25) is 4.40 Å². The van der Waals surface area contributed by atoms with E-state index in [4.69, 9.17) is 0 Å². The van der Waals surface area contributed by atoms with Gasteiger partial charge in [0.05, 0.1) is 11.3 Å². The summed E-state index contributed by atoms with van der Waals surface area (Å²) in [4.78, 5) is 8.10. The Labute approximate surface area is 106 Å². The topological polar surface area (TPSA) is 30.2 Å². The zero-order chi connectivity index (χ0) is 13.5. The number of benzene rings is 1. The van der Waals surface area contributed by atoms with E-state index < -0.39 is 11.7 Å². The third kappa shape index (κ3) is 2.05. The fourth-order valence-electron chi connectivity index (χ4n) is 1.91. The highest BCUT2D eigenvalue weighted by Gasteiger charge is 2.33. The van der Waals surface area contributed by atoms with Gasteiger partial charge in [-0.2, -0.15) is 13.2 Å². The molecule has 0 saturated heterocycles. The molecule has 6 heteroatoms. The van der Waals surface area contributed by atoms with E-state index >= 15 is 0 Å². The van der Waals surface area contributed by atoms with Crippen molar-refractivity contribution < 1.29 is 13.2 Å². The molecule has 0 aliphatic heterocycles. The fraction of sp³-hybridized carbons (Fsp3) is 0.0769. The van der Waals surface area contributed by atoms with Crippen LogP contribution >= 0.6 is 0 Å². The first-order chi connectivity index (χ1) is 9.05. The molecule has 3 aromatic rings. The van der Waals surface area contributed by atoms with Crippen molar-refractivity contribution in [3.8, 4) is 11.3 Å². The molecule has 0 aliphatic carbocycles. The van der Waals surface area contributed by atoms with Gasteiger partial charge < -0.3 is 0 Å². The van der Waals surface area contributed by atoms with Crippen molar-refractivity contribution in [2.24, 2.45) is 0 Å². The lowest BCUT2D eigenvalue weighted by Crippen LogP contribution is -2.06. The van der Waals surface area contributed by atoms with Gasteiger partial charge in [-0.15, -0.1) is 0 Å². The van der Waals surface area contributed by atoms with Crippen molar-refractivity contribution in [1.29, 1.82) is 0 Å². The highest BCUT2D eigenvalue weighted by Crippen LogP contribution is 2.36. The van der Waals surface area contributed by atoms with Crippen LogP contribution in [0.5, 0.6) is 0 Å². The molecule has 3 rings (SSSR count). The quantitative estimate of drug-likeness (QED) is 0.673. The van der Waals surface area contributed by atoms with E-state index in [9.17, 15) is 13.2 Å². The minimum Gasteiger partial charge on any atom is -0.291 e. The number of alkyl halides is 3. The Morgan fingerprint density at radius 3 is 2.58 bits per heavy atom. The predicted molar refractivity (Wildman–Crippen MR) is 63.4 cm³/mol. The number of aromatic nitrogens is 3. The summed E-state index contributed by atoms with van der Waals surface area (Å²) < 4.78 is 40.4. The lowest BCUT2D eigenvalue weighted by molar-refractivity contribution is -0.137. The van der Waals surface area contributed by atoms with Crippen molar-refractivity contribution in [3.63, 3.8) is 0 Å². The summed E-state index contributed by atoms with van der Waals surface area (Å²) in [6.45, 7) is 0. The predicted octanol–water partition coefficient (Wildman–Crippen LogP) is 3.42. The number of hydrogen-bond donors (Lipinski definition) is 0. The van der Waals surface area contributed by atoms with E-state index in [0.29, 0.717) is 5.78 Å². The Hall–Kier alpha value is -2.37. The normalized spacial score (nSPS) is 11.9. The molecule has 1 aromatic carbocycles. The average Bonchev–Trinajstić information content (AvgIpc) is 2.81. The number of halogens is 3. The molecule has 0 spiro atoms.